The fraction of sp³-hybridized carbons (Fsp3) is 0.429. The minimum Gasteiger partial charge on any atom is -0.497 e. The highest BCUT2D eigenvalue weighted by molar-refractivity contribution is 8.39. The molecule has 4 nitrogen and oxygen atoms in total. The third-order valence-electron chi connectivity index (χ3n) is 2.80. The van der Waals surface area contributed by atoms with Gasteiger partial charge in [0.2, 0.25) is 5.91 Å². The van der Waals surface area contributed by atoms with Crippen molar-refractivity contribution in [1.82, 2.24) is 0 Å². The van der Waals surface area contributed by atoms with E-state index < -0.39 is 0 Å². The van der Waals surface area contributed by atoms with Crippen LogP contribution < -0.4 is 10.1 Å². The summed E-state index contributed by atoms with van der Waals surface area (Å²) in [6, 6.07) is 7.39. The molecule has 0 saturated carbocycles. The van der Waals surface area contributed by atoms with Gasteiger partial charge in [0.15, 0.2) is 0 Å². The van der Waals surface area contributed by atoms with Gasteiger partial charge in [0.05, 0.1) is 18.9 Å². The minimum atomic E-state index is -0.106. The van der Waals surface area contributed by atoms with E-state index in [0.717, 1.165) is 34.5 Å². The Kier molecular flexibility index (Phi) is 5.79. The van der Waals surface area contributed by atoms with Crippen molar-refractivity contribution < 1.29 is 9.53 Å². The molecule has 0 saturated heterocycles. The lowest BCUT2D eigenvalue weighted by atomic mass is 10.2. The Hall–Kier alpha value is -1.14. The maximum Gasteiger partial charge on any atom is 0.237 e. The Bertz CT molecular complexity index is 506. The molecule has 6 heteroatoms. The van der Waals surface area contributed by atoms with E-state index in [2.05, 4.69) is 10.3 Å². The van der Waals surface area contributed by atoms with Crippen LogP contribution in [0.2, 0.25) is 0 Å². The van der Waals surface area contributed by atoms with E-state index >= 15 is 0 Å². The molecule has 108 valence electrons. The minimum absolute atomic E-state index is 0.0148. The molecule has 0 fully saturated rings. The lowest BCUT2D eigenvalue weighted by Gasteiger charge is -2.14. The second-order valence-electron chi connectivity index (χ2n) is 4.23. The number of aliphatic imine (C=N–C) groups is 1. The summed E-state index contributed by atoms with van der Waals surface area (Å²) in [5, 5.41) is 2.83. The molecule has 1 aromatic rings. The maximum absolute atomic E-state index is 12.3. The Balaban J connectivity index is 1.97. The second-order valence-corrected chi connectivity index (χ2v) is 6.77. The quantitative estimate of drug-likeness (QED) is 0.907. The molecule has 0 radical (unpaired) electrons. The lowest BCUT2D eigenvalue weighted by Crippen LogP contribution is -2.25. The fourth-order valence-electron chi connectivity index (χ4n) is 1.75. The molecule has 0 spiro atoms. The van der Waals surface area contributed by atoms with E-state index in [1.165, 1.54) is 0 Å². The highest BCUT2D eigenvalue weighted by Crippen LogP contribution is 2.28. The average Bonchev–Trinajstić information content (AvgIpc) is 2.97. The van der Waals surface area contributed by atoms with Crippen molar-refractivity contribution in [3.05, 3.63) is 24.3 Å². The van der Waals surface area contributed by atoms with Gasteiger partial charge in [-0.1, -0.05) is 36.5 Å². The molecule has 0 aliphatic carbocycles. The van der Waals surface area contributed by atoms with Crippen LogP contribution in [0.25, 0.3) is 0 Å². The number of nitrogens with zero attached hydrogens (tertiary/aromatic N) is 1. The Morgan fingerprint density at radius 3 is 3.10 bits per heavy atom. The summed E-state index contributed by atoms with van der Waals surface area (Å²) in [7, 11) is 1.61. The number of methoxy groups -OCH3 is 1. The van der Waals surface area contributed by atoms with Crippen LogP contribution in [0.1, 0.15) is 13.3 Å². The van der Waals surface area contributed by atoms with Crippen LogP contribution in [0.4, 0.5) is 5.69 Å². The molecule has 1 heterocycles. The molecule has 1 aromatic carbocycles. The maximum atomic E-state index is 12.3. The van der Waals surface area contributed by atoms with E-state index in [0.29, 0.717) is 0 Å². The number of hydrogen-bond acceptors (Lipinski definition) is 5. The van der Waals surface area contributed by atoms with Crippen LogP contribution in [-0.2, 0) is 4.79 Å². The van der Waals surface area contributed by atoms with Gasteiger partial charge in [-0.2, -0.15) is 0 Å². The molecule has 20 heavy (non-hydrogen) atoms. The van der Waals surface area contributed by atoms with Crippen molar-refractivity contribution in [3.8, 4) is 5.75 Å². The molecule has 1 aliphatic heterocycles. The number of rotatable bonds is 5. The topological polar surface area (TPSA) is 50.7 Å². The van der Waals surface area contributed by atoms with Gasteiger partial charge in [0.25, 0.3) is 0 Å². The van der Waals surface area contributed by atoms with Crippen LogP contribution >= 0.6 is 23.5 Å². The predicted molar refractivity (Wildman–Crippen MR) is 88.1 cm³/mol. The molecule has 2 rings (SSSR count). The normalized spacial score (nSPS) is 15.6. The number of amides is 1. The van der Waals surface area contributed by atoms with Crippen molar-refractivity contribution in [2.75, 3.05) is 24.7 Å². The zero-order chi connectivity index (χ0) is 14.4. The number of thioether (sulfide) groups is 2. The van der Waals surface area contributed by atoms with Gasteiger partial charge in [-0.3, -0.25) is 9.79 Å². The summed E-state index contributed by atoms with van der Waals surface area (Å²) in [5.74, 6) is 1.77. The Labute approximate surface area is 127 Å². The first-order valence-electron chi connectivity index (χ1n) is 6.51. The van der Waals surface area contributed by atoms with E-state index in [4.69, 9.17) is 4.74 Å². The predicted octanol–water partition coefficient (Wildman–Crippen LogP) is 3.25. The summed E-state index contributed by atoms with van der Waals surface area (Å²) >= 11 is 3.29. The first-order valence-corrected chi connectivity index (χ1v) is 8.38. The molecule has 0 bridgehead atoms. The van der Waals surface area contributed by atoms with Gasteiger partial charge >= 0.3 is 0 Å². The molecule has 1 atom stereocenters. The smallest absolute Gasteiger partial charge is 0.237 e. The van der Waals surface area contributed by atoms with Gasteiger partial charge in [-0.05, 0) is 18.6 Å². The number of nitrogens with one attached hydrogen (secondary N) is 1. The molecule has 1 unspecified atom stereocenters. The Morgan fingerprint density at radius 1 is 1.60 bits per heavy atom. The van der Waals surface area contributed by atoms with Crippen LogP contribution in [0.15, 0.2) is 29.3 Å². The third kappa shape index (κ3) is 4.18. The number of carbonyl (C=O) groups excluding carboxylic acids is 1. The van der Waals surface area contributed by atoms with Crippen molar-refractivity contribution in [2.24, 2.45) is 4.99 Å². The van der Waals surface area contributed by atoms with Crippen LogP contribution in [-0.4, -0.2) is 34.9 Å². The number of carbonyl (C=O) groups is 1. The van der Waals surface area contributed by atoms with Crippen LogP contribution in [0.5, 0.6) is 5.75 Å². The summed E-state index contributed by atoms with van der Waals surface area (Å²) in [6.45, 7) is 2.88. The zero-order valence-corrected chi connectivity index (χ0v) is 13.2. The van der Waals surface area contributed by atoms with Crippen molar-refractivity contribution in [1.29, 1.82) is 0 Å². The van der Waals surface area contributed by atoms with Gasteiger partial charge in [-0.25, -0.2) is 0 Å². The fourth-order valence-corrected chi connectivity index (χ4v) is 3.91. The van der Waals surface area contributed by atoms with Crippen LogP contribution in [0, 0.1) is 0 Å². The van der Waals surface area contributed by atoms with Gasteiger partial charge in [-0.15, -0.1) is 0 Å². The number of anilines is 1. The molecular formula is C14H18N2O2S2. The molecular weight excluding hydrogens is 292 g/mol. The molecule has 1 amide bonds. The zero-order valence-electron chi connectivity index (χ0n) is 11.6. The number of ether oxygens (including phenoxy) is 1. The summed E-state index contributed by atoms with van der Waals surface area (Å²) in [4.78, 5) is 16.7. The van der Waals surface area contributed by atoms with Crippen molar-refractivity contribution >= 4 is 39.5 Å². The largest absolute Gasteiger partial charge is 0.497 e. The van der Waals surface area contributed by atoms with Gasteiger partial charge < -0.3 is 10.1 Å². The standard InChI is InChI=1S/C14H18N2O2S2/c1-3-12(20-14-15-7-8-19-14)13(17)16-10-5-4-6-11(9-10)18-2/h4-6,9,12H,3,7-8H2,1-2H3,(H,16,17). The van der Waals surface area contributed by atoms with Crippen LogP contribution in [0.3, 0.4) is 0 Å². The highest BCUT2D eigenvalue weighted by Gasteiger charge is 2.21. The van der Waals surface area contributed by atoms with E-state index in [1.807, 2.05) is 31.2 Å². The van der Waals surface area contributed by atoms with Crippen molar-refractivity contribution in [2.45, 2.75) is 18.6 Å². The third-order valence-corrected chi connectivity index (χ3v) is 5.37. The molecule has 0 aromatic heterocycles. The average molecular weight is 310 g/mol. The molecule has 1 aliphatic rings. The number of hydrogen-bond donors (Lipinski definition) is 1. The summed E-state index contributed by atoms with van der Waals surface area (Å²) < 4.78 is 6.18. The van der Waals surface area contributed by atoms with E-state index in [9.17, 15) is 4.79 Å². The summed E-state index contributed by atoms with van der Waals surface area (Å²) in [6.07, 6.45) is 0.778. The molecule has 1 N–H and O–H groups in total. The second kappa shape index (κ2) is 7.59. The first kappa shape index (κ1) is 15.3. The van der Waals surface area contributed by atoms with Gasteiger partial charge in [0, 0.05) is 17.5 Å². The van der Waals surface area contributed by atoms with Crippen molar-refractivity contribution in [3.63, 3.8) is 0 Å². The van der Waals surface area contributed by atoms with Gasteiger partial charge in [0.1, 0.15) is 10.1 Å². The highest BCUT2D eigenvalue weighted by atomic mass is 32.2. The van der Waals surface area contributed by atoms with E-state index in [1.54, 1.807) is 30.6 Å². The summed E-state index contributed by atoms with van der Waals surface area (Å²) in [5.41, 5.74) is 0.759. The number of benzene rings is 1. The monoisotopic (exact) mass is 310 g/mol. The lowest BCUT2D eigenvalue weighted by molar-refractivity contribution is -0.115. The Morgan fingerprint density at radius 2 is 2.45 bits per heavy atom. The SMILES string of the molecule is CCC(SC1=NCCS1)C(=O)Nc1cccc(OC)c1. The van der Waals surface area contributed by atoms with E-state index in [-0.39, 0.29) is 11.2 Å². The first-order chi connectivity index (χ1) is 9.72.